The highest BCUT2D eigenvalue weighted by Crippen LogP contribution is 2.43. The normalized spacial score (nSPS) is 22.0. The molecule has 4 rings (SSSR count). The standard InChI is InChI=1S/C19H17N/c20-9-3-5-14-10-13-7-8-17-16-6-2-1-4-15(16)12-18(14)19(17)11-13/h1-9,12-13H,10-11,20H2/b9-3-,14-5+. The maximum Gasteiger partial charge on any atom is -0.00623 e. The predicted octanol–water partition coefficient (Wildman–Crippen LogP) is 4.28. The van der Waals surface area contributed by atoms with Gasteiger partial charge in [-0.15, -0.1) is 0 Å². The van der Waals surface area contributed by atoms with Crippen molar-refractivity contribution in [2.24, 2.45) is 11.7 Å². The SMILES string of the molecule is N/C=C\C=C1/CC2C=Cc3c(c1cc1ccccc31)C2. The van der Waals surface area contributed by atoms with Crippen molar-refractivity contribution in [3.8, 4) is 0 Å². The summed E-state index contributed by atoms with van der Waals surface area (Å²) >= 11 is 0. The van der Waals surface area contributed by atoms with Gasteiger partial charge in [0.1, 0.15) is 0 Å². The number of allylic oxidation sites excluding steroid dienone is 4. The van der Waals surface area contributed by atoms with Crippen molar-refractivity contribution in [3.63, 3.8) is 0 Å². The molecule has 0 heterocycles. The summed E-state index contributed by atoms with van der Waals surface area (Å²) < 4.78 is 0. The molecular formula is C19H17N. The van der Waals surface area contributed by atoms with Crippen LogP contribution >= 0.6 is 0 Å². The second-order valence-electron chi connectivity index (χ2n) is 5.64. The molecule has 2 aromatic carbocycles. The summed E-state index contributed by atoms with van der Waals surface area (Å²) in [5.41, 5.74) is 11.2. The number of rotatable bonds is 1. The molecule has 2 aromatic rings. The van der Waals surface area contributed by atoms with Gasteiger partial charge in [0.25, 0.3) is 0 Å². The molecule has 0 saturated heterocycles. The number of hydrogen-bond acceptors (Lipinski definition) is 1. The second-order valence-corrected chi connectivity index (χ2v) is 5.64. The Morgan fingerprint density at radius 1 is 1.15 bits per heavy atom. The van der Waals surface area contributed by atoms with Gasteiger partial charge in [0.15, 0.2) is 0 Å². The Hall–Kier alpha value is -2.28. The van der Waals surface area contributed by atoms with Gasteiger partial charge < -0.3 is 5.73 Å². The monoisotopic (exact) mass is 259 g/mol. The predicted molar refractivity (Wildman–Crippen MR) is 86.1 cm³/mol. The minimum atomic E-state index is 0.647. The van der Waals surface area contributed by atoms with Crippen molar-refractivity contribution >= 4 is 22.4 Å². The lowest BCUT2D eigenvalue weighted by Gasteiger charge is -2.30. The summed E-state index contributed by atoms with van der Waals surface area (Å²) in [5, 5.41) is 2.70. The van der Waals surface area contributed by atoms with E-state index in [0.29, 0.717) is 5.92 Å². The number of hydrogen-bond donors (Lipinski definition) is 1. The van der Waals surface area contributed by atoms with Gasteiger partial charge in [-0.25, -0.2) is 0 Å². The van der Waals surface area contributed by atoms with Gasteiger partial charge >= 0.3 is 0 Å². The molecule has 2 aliphatic rings. The van der Waals surface area contributed by atoms with Crippen LogP contribution in [0.5, 0.6) is 0 Å². The molecule has 2 aliphatic carbocycles. The first kappa shape index (κ1) is 11.5. The Kier molecular flexibility index (Phi) is 2.53. The van der Waals surface area contributed by atoms with E-state index >= 15 is 0 Å². The average Bonchev–Trinajstić information content (AvgIpc) is 2.51. The van der Waals surface area contributed by atoms with Gasteiger partial charge in [-0.3, -0.25) is 0 Å². The molecule has 20 heavy (non-hydrogen) atoms. The maximum absolute atomic E-state index is 5.50. The Morgan fingerprint density at radius 2 is 2.05 bits per heavy atom. The number of nitrogens with two attached hydrogens (primary N) is 1. The van der Waals surface area contributed by atoms with E-state index in [2.05, 4.69) is 48.6 Å². The van der Waals surface area contributed by atoms with Crippen LogP contribution in [0.25, 0.3) is 22.4 Å². The van der Waals surface area contributed by atoms with Crippen LogP contribution < -0.4 is 5.73 Å². The molecule has 0 aliphatic heterocycles. The summed E-state index contributed by atoms with van der Waals surface area (Å²) in [6.45, 7) is 0. The van der Waals surface area contributed by atoms with E-state index in [1.165, 1.54) is 39.5 Å². The summed E-state index contributed by atoms with van der Waals surface area (Å²) in [6, 6.07) is 11.0. The van der Waals surface area contributed by atoms with Crippen molar-refractivity contribution in [1.82, 2.24) is 0 Å². The molecule has 1 heteroatoms. The van der Waals surface area contributed by atoms with Gasteiger partial charge in [-0.2, -0.15) is 0 Å². The highest BCUT2D eigenvalue weighted by Gasteiger charge is 2.26. The molecular weight excluding hydrogens is 242 g/mol. The van der Waals surface area contributed by atoms with Gasteiger partial charge in [-0.1, -0.05) is 42.5 Å². The number of benzene rings is 2. The number of fused-ring (bicyclic) bond motifs is 3. The van der Waals surface area contributed by atoms with E-state index in [4.69, 9.17) is 5.73 Å². The van der Waals surface area contributed by atoms with Gasteiger partial charge in [0, 0.05) is 0 Å². The van der Waals surface area contributed by atoms with E-state index in [0.717, 1.165) is 6.42 Å². The largest absolute Gasteiger partial charge is 0.405 e. The summed E-state index contributed by atoms with van der Waals surface area (Å²) in [4.78, 5) is 0. The molecule has 98 valence electrons. The molecule has 2 N–H and O–H groups in total. The Balaban J connectivity index is 2.06. The van der Waals surface area contributed by atoms with Gasteiger partial charge in [0.05, 0.1) is 0 Å². The van der Waals surface area contributed by atoms with Crippen LogP contribution in [0, 0.1) is 5.92 Å². The Bertz CT molecular complexity index is 778. The van der Waals surface area contributed by atoms with Crippen LogP contribution in [0.1, 0.15) is 23.1 Å². The van der Waals surface area contributed by atoms with Crippen molar-refractivity contribution in [2.45, 2.75) is 12.8 Å². The van der Waals surface area contributed by atoms with E-state index in [1.54, 1.807) is 6.20 Å². The molecule has 1 nitrogen and oxygen atoms in total. The molecule has 1 atom stereocenters. The minimum Gasteiger partial charge on any atom is -0.405 e. The first-order valence-electron chi connectivity index (χ1n) is 7.17. The molecule has 0 radical (unpaired) electrons. The third-order valence-electron chi connectivity index (χ3n) is 4.44. The lowest BCUT2D eigenvalue weighted by atomic mass is 9.74. The van der Waals surface area contributed by atoms with Crippen LogP contribution in [0.4, 0.5) is 0 Å². The highest BCUT2D eigenvalue weighted by molar-refractivity contribution is 5.97. The fraction of sp³-hybridized carbons (Fsp3) is 0.158. The second kappa shape index (κ2) is 4.38. The minimum absolute atomic E-state index is 0.647. The van der Waals surface area contributed by atoms with Crippen LogP contribution in [0.15, 0.2) is 54.8 Å². The van der Waals surface area contributed by atoms with E-state index in [1.807, 2.05) is 6.08 Å². The first-order chi connectivity index (χ1) is 9.86. The zero-order valence-corrected chi connectivity index (χ0v) is 11.3. The lowest BCUT2D eigenvalue weighted by molar-refractivity contribution is 0.643. The summed E-state index contributed by atoms with van der Waals surface area (Å²) in [5.74, 6) is 0.647. The molecule has 0 saturated carbocycles. The fourth-order valence-corrected chi connectivity index (χ4v) is 3.54. The zero-order valence-electron chi connectivity index (χ0n) is 11.3. The van der Waals surface area contributed by atoms with Crippen molar-refractivity contribution < 1.29 is 0 Å². The van der Waals surface area contributed by atoms with Crippen molar-refractivity contribution in [3.05, 3.63) is 71.5 Å². The molecule has 0 amide bonds. The smallest absolute Gasteiger partial charge is 0.00623 e. The summed E-state index contributed by atoms with van der Waals surface area (Å²) in [6.07, 6.45) is 12.7. The van der Waals surface area contributed by atoms with Gasteiger partial charge in [-0.05, 0) is 70.1 Å². The molecule has 1 unspecified atom stereocenters. The van der Waals surface area contributed by atoms with E-state index < -0.39 is 0 Å². The Morgan fingerprint density at radius 3 is 2.95 bits per heavy atom. The quantitative estimate of drug-likeness (QED) is 0.812. The maximum atomic E-state index is 5.50. The van der Waals surface area contributed by atoms with Crippen molar-refractivity contribution in [1.29, 1.82) is 0 Å². The van der Waals surface area contributed by atoms with Crippen LogP contribution in [-0.2, 0) is 6.42 Å². The third-order valence-corrected chi connectivity index (χ3v) is 4.44. The zero-order chi connectivity index (χ0) is 13.5. The van der Waals surface area contributed by atoms with Gasteiger partial charge in [0.2, 0.25) is 0 Å². The van der Waals surface area contributed by atoms with Crippen molar-refractivity contribution in [2.75, 3.05) is 0 Å². The topological polar surface area (TPSA) is 26.0 Å². The lowest BCUT2D eigenvalue weighted by Crippen LogP contribution is -2.16. The van der Waals surface area contributed by atoms with E-state index in [9.17, 15) is 0 Å². The highest BCUT2D eigenvalue weighted by atomic mass is 14.5. The summed E-state index contributed by atoms with van der Waals surface area (Å²) in [7, 11) is 0. The van der Waals surface area contributed by atoms with Crippen LogP contribution in [0.2, 0.25) is 0 Å². The van der Waals surface area contributed by atoms with Crippen LogP contribution in [-0.4, -0.2) is 0 Å². The molecule has 0 fully saturated rings. The Labute approximate surface area is 119 Å². The first-order valence-corrected chi connectivity index (χ1v) is 7.17. The molecule has 0 spiro atoms. The molecule has 2 bridgehead atoms. The third kappa shape index (κ3) is 1.63. The van der Waals surface area contributed by atoms with E-state index in [-0.39, 0.29) is 0 Å². The fourth-order valence-electron chi connectivity index (χ4n) is 3.54. The molecule has 0 aromatic heterocycles. The average molecular weight is 259 g/mol. The van der Waals surface area contributed by atoms with Crippen LogP contribution in [0.3, 0.4) is 0 Å².